The van der Waals surface area contributed by atoms with Crippen molar-refractivity contribution in [1.29, 1.82) is 0 Å². The second-order valence-corrected chi connectivity index (χ2v) is 12.7. The van der Waals surface area contributed by atoms with Crippen LogP contribution in [-0.2, 0) is 21.2 Å². The first kappa shape index (κ1) is 29.2. The highest BCUT2D eigenvalue weighted by Gasteiger charge is 2.26. The summed E-state index contributed by atoms with van der Waals surface area (Å²) in [7, 11) is -3.33. The van der Waals surface area contributed by atoms with Crippen LogP contribution in [0.1, 0.15) is 41.0 Å². The molecule has 0 bridgehead atoms. The Bertz CT molecular complexity index is 1660. The zero-order chi connectivity index (χ0) is 29.7. The maximum absolute atomic E-state index is 12.5. The lowest BCUT2D eigenvalue weighted by atomic mass is 9.94. The Morgan fingerprint density at radius 2 is 1.67 bits per heavy atom. The fraction of sp³-hybridized carbons (Fsp3) is 0.265. The van der Waals surface area contributed by atoms with Crippen LogP contribution in [-0.4, -0.2) is 38.5 Å². The van der Waals surface area contributed by atoms with Gasteiger partial charge >= 0.3 is 5.97 Å². The summed E-state index contributed by atoms with van der Waals surface area (Å²) in [5.74, 6) is 1.12. The Morgan fingerprint density at radius 1 is 0.905 bits per heavy atom. The number of fused-ring (bicyclic) bond motifs is 1. The van der Waals surface area contributed by atoms with Crippen LogP contribution in [0, 0.1) is 13.8 Å². The van der Waals surface area contributed by atoms with Gasteiger partial charge in [-0.25, -0.2) is 8.42 Å². The monoisotopic (exact) mass is 586 g/mol. The first-order valence-electron chi connectivity index (χ1n) is 13.9. The zero-order valence-electron chi connectivity index (χ0n) is 23.7. The van der Waals surface area contributed by atoms with Crippen molar-refractivity contribution >= 4 is 15.8 Å². The van der Waals surface area contributed by atoms with Crippen LogP contribution in [0.15, 0.2) is 89.8 Å². The van der Waals surface area contributed by atoms with Gasteiger partial charge in [0.05, 0.1) is 30.3 Å². The van der Waals surface area contributed by atoms with Gasteiger partial charge in [-0.05, 0) is 84.5 Å². The summed E-state index contributed by atoms with van der Waals surface area (Å²) in [6.45, 7) is 5.13. The minimum Gasteiger partial charge on any atom is -0.494 e. The van der Waals surface area contributed by atoms with Gasteiger partial charge in [-0.3, -0.25) is 4.79 Å². The first-order chi connectivity index (χ1) is 20.2. The van der Waals surface area contributed by atoms with Crippen LogP contribution in [0.25, 0.3) is 11.1 Å². The fourth-order valence-electron chi connectivity index (χ4n) is 5.36. The summed E-state index contributed by atoms with van der Waals surface area (Å²) in [6.07, 6.45) is 0.448. The number of ether oxygens (including phenoxy) is 3. The van der Waals surface area contributed by atoms with E-state index in [1.807, 2.05) is 56.3 Å². The molecule has 0 spiro atoms. The Morgan fingerprint density at radius 3 is 2.40 bits per heavy atom. The maximum atomic E-state index is 12.5. The Hall–Kier alpha value is -4.30. The number of hydrogen-bond acceptors (Lipinski definition) is 6. The summed E-state index contributed by atoms with van der Waals surface area (Å²) < 4.78 is 42.7. The lowest BCUT2D eigenvalue weighted by Gasteiger charge is -2.15. The number of hydrogen-bond donors (Lipinski definition) is 1. The van der Waals surface area contributed by atoms with Gasteiger partial charge in [0.25, 0.3) is 0 Å². The van der Waals surface area contributed by atoms with Gasteiger partial charge in [0.15, 0.2) is 9.84 Å². The number of rotatable bonds is 12. The Balaban J connectivity index is 1.20. The summed E-state index contributed by atoms with van der Waals surface area (Å²) in [5, 5.41) is 9.11. The number of carbonyl (C=O) groups is 1. The molecule has 8 heteroatoms. The van der Waals surface area contributed by atoms with Gasteiger partial charge in [0, 0.05) is 17.5 Å². The van der Waals surface area contributed by atoms with Crippen LogP contribution >= 0.6 is 0 Å². The number of aliphatic carboxylic acids is 1. The number of aryl methyl sites for hydroxylation is 2. The van der Waals surface area contributed by atoms with Crippen molar-refractivity contribution < 1.29 is 32.5 Å². The van der Waals surface area contributed by atoms with E-state index in [1.54, 1.807) is 30.3 Å². The minimum absolute atomic E-state index is 0.0334. The van der Waals surface area contributed by atoms with Crippen LogP contribution in [0.3, 0.4) is 0 Å². The zero-order valence-corrected chi connectivity index (χ0v) is 24.5. The molecule has 218 valence electrons. The van der Waals surface area contributed by atoms with Crippen molar-refractivity contribution in [1.82, 2.24) is 0 Å². The summed E-state index contributed by atoms with van der Waals surface area (Å²) >= 11 is 0. The van der Waals surface area contributed by atoms with E-state index in [0.717, 1.165) is 39.1 Å². The molecule has 0 aromatic heterocycles. The molecule has 42 heavy (non-hydrogen) atoms. The predicted octanol–water partition coefficient (Wildman–Crippen LogP) is 6.74. The Labute approximate surface area is 246 Å². The average molecular weight is 587 g/mol. The molecule has 0 saturated carbocycles. The SMILES string of the molecule is Cc1cc(OCCCS(=O)(=O)c2ccccc2)cc(C)c1-c1cccc(COc2ccc3c(c2)OCC3CC(=O)O)c1. The smallest absolute Gasteiger partial charge is 0.304 e. The van der Waals surface area contributed by atoms with Gasteiger partial charge in [-0.15, -0.1) is 0 Å². The van der Waals surface area contributed by atoms with E-state index in [0.29, 0.717) is 42.6 Å². The number of sulfone groups is 1. The summed E-state index contributed by atoms with van der Waals surface area (Å²) in [4.78, 5) is 11.4. The Kier molecular flexibility index (Phi) is 8.83. The highest BCUT2D eigenvalue weighted by atomic mass is 32.2. The van der Waals surface area contributed by atoms with Crippen LogP contribution in [0.2, 0.25) is 0 Å². The largest absolute Gasteiger partial charge is 0.494 e. The van der Waals surface area contributed by atoms with Crippen molar-refractivity contribution in [2.24, 2.45) is 0 Å². The minimum atomic E-state index is -3.33. The molecule has 1 aliphatic heterocycles. The maximum Gasteiger partial charge on any atom is 0.304 e. The second kappa shape index (κ2) is 12.7. The molecule has 1 unspecified atom stereocenters. The summed E-state index contributed by atoms with van der Waals surface area (Å²) in [5.41, 5.74) is 6.23. The molecule has 0 saturated heterocycles. The molecule has 0 fully saturated rings. The van der Waals surface area contributed by atoms with Gasteiger partial charge in [-0.1, -0.05) is 42.5 Å². The molecule has 4 aromatic rings. The topological polar surface area (TPSA) is 99.1 Å². The number of carboxylic acid groups (broad SMARTS) is 1. The third-order valence-electron chi connectivity index (χ3n) is 7.34. The molecule has 0 amide bonds. The highest BCUT2D eigenvalue weighted by molar-refractivity contribution is 7.91. The van der Waals surface area contributed by atoms with E-state index >= 15 is 0 Å². The third-order valence-corrected chi connectivity index (χ3v) is 9.16. The van der Waals surface area contributed by atoms with Crippen LogP contribution < -0.4 is 14.2 Å². The molecule has 1 heterocycles. The molecular formula is C34H34O7S. The molecule has 5 rings (SSSR count). The first-order valence-corrected chi connectivity index (χ1v) is 15.6. The average Bonchev–Trinajstić information content (AvgIpc) is 3.36. The van der Waals surface area contributed by atoms with Gasteiger partial charge < -0.3 is 19.3 Å². The summed E-state index contributed by atoms with van der Waals surface area (Å²) in [6, 6.07) is 26.2. The van der Waals surface area contributed by atoms with E-state index in [4.69, 9.17) is 19.3 Å². The molecule has 1 aliphatic rings. The van der Waals surface area contributed by atoms with Crippen molar-refractivity contribution in [2.45, 2.75) is 44.1 Å². The van der Waals surface area contributed by atoms with Crippen molar-refractivity contribution in [3.63, 3.8) is 0 Å². The molecular weight excluding hydrogens is 552 g/mol. The second-order valence-electron chi connectivity index (χ2n) is 10.6. The molecule has 0 radical (unpaired) electrons. The molecule has 1 N–H and O–H groups in total. The van der Waals surface area contributed by atoms with E-state index in [9.17, 15) is 13.2 Å². The van der Waals surface area contributed by atoms with Gasteiger partial charge in [0.1, 0.15) is 23.9 Å². The van der Waals surface area contributed by atoms with Crippen LogP contribution in [0.5, 0.6) is 17.2 Å². The molecule has 4 aromatic carbocycles. The van der Waals surface area contributed by atoms with E-state index in [2.05, 4.69) is 12.1 Å². The molecule has 0 aliphatic carbocycles. The van der Waals surface area contributed by atoms with Crippen molar-refractivity contribution in [3.05, 3.63) is 107 Å². The molecule has 7 nitrogen and oxygen atoms in total. The van der Waals surface area contributed by atoms with Crippen molar-refractivity contribution in [3.8, 4) is 28.4 Å². The van der Waals surface area contributed by atoms with Gasteiger partial charge in [0.2, 0.25) is 0 Å². The van der Waals surface area contributed by atoms with Crippen LogP contribution in [0.4, 0.5) is 0 Å². The quantitative estimate of drug-likeness (QED) is 0.184. The standard InChI is InChI=1S/C34H34O7S/c1-23-16-29(39-14-7-15-42(37,38)30-10-4-3-5-11-30)17-24(2)34(23)26-9-6-8-25(18-26)21-40-28-12-13-31-27(19-33(35)36)22-41-32(31)20-28/h3-6,8-13,16-18,20,27H,7,14-15,19,21-22H2,1-2H3,(H,35,36). The lowest BCUT2D eigenvalue weighted by molar-refractivity contribution is -0.137. The fourth-order valence-corrected chi connectivity index (χ4v) is 6.66. The van der Waals surface area contributed by atoms with Gasteiger partial charge in [-0.2, -0.15) is 0 Å². The normalized spacial score (nSPS) is 14.2. The van der Waals surface area contributed by atoms with E-state index < -0.39 is 15.8 Å². The highest BCUT2D eigenvalue weighted by Crippen LogP contribution is 2.38. The third kappa shape index (κ3) is 6.94. The number of carboxylic acids is 1. The molecule has 1 atom stereocenters. The predicted molar refractivity (Wildman–Crippen MR) is 161 cm³/mol. The van der Waals surface area contributed by atoms with E-state index in [-0.39, 0.29) is 18.1 Å². The van der Waals surface area contributed by atoms with E-state index in [1.165, 1.54) is 0 Å². The lowest BCUT2D eigenvalue weighted by Crippen LogP contribution is -2.10. The van der Waals surface area contributed by atoms with Crippen molar-refractivity contribution in [2.75, 3.05) is 19.0 Å². The number of benzene rings is 4.